The third-order valence-electron chi connectivity index (χ3n) is 1.48. The number of ether oxygens (including phenoxy) is 1. The van der Waals surface area contributed by atoms with Crippen LogP contribution in [0.25, 0.3) is 0 Å². The van der Waals surface area contributed by atoms with Crippen LogP contribution in [0.2, 0.25) is 0 Å². The molecule has 0 radical (unpaired) electrons. The molecule has 0 heterocycles. The predicted octanol–water partition coefficient (Wildman–Crippen LogP) is 0.0482. The molecule has 0 spiro atoms. The summed E-state index contributed by atoms with van der Waals surface area (Å²) in [6.45, 7) is 3.54. The van der Waals surface area contributed by atoms with Crippen molar-refractivity contribution in [3.05, 3.63) is 12.8 Å². The van der Waals surface area contributed by atoms with E-state index in [0.717, 1.165) is 6.26 Å². The molecule has 1 amide bonds. The van der Waals surface area contributed by atoms with Crippen molar-refractivity contribution >= 4 is 12.1 Å². The SMILES string of the molecule is C=COC(=O)N[C@@H](CCCN)C(=O)O. The van der Waals surface area contributed by atoms with Gasteiger partial charge in [0.15, 0.2) is 0 Å². The van der Waals surface area contributed by atoms with E-state index in [1.165, 1.54) is 0 Å². The zero-order valence-corrected chi connectivity index (χ0v) is 7.73. The Bertz CT molecular complexity index is 217. The van der Waals surface area contributed by atoms with Crippen LogP contribution in [0.5, 0.6) is 0 Å². The first kappa shape index (κ1) is 12.4. The van der Waals surface area contributed by atoms with Gasteiger partial charge in [-0.15, -0.1) is 0 Å². The first-order valence-electron chi connectivity index (χ1n) is 4.12. The van der Waals surface area contributed by atoms with Crippen molar-refractivity contribution in [2.75, 3.05) is 6.54 Å². The predicted molar refractivity (Wildman–Crippen MR) is 49.5 cm³/mol. The number of hydrogen-bond donors (Lipinski definition) is 3. The summed E-state index contributed by atoms with van der Waals surface area (Å²) in [5.74, 6) is -1.11. The maximum Gasteiger partial charge on any atom is 0.412 e. The molecule has 0 rings (SSSR count). The summed E-state index contributed by atoms with van der Waals surface area (Å²) >= 11 is 0. The molecule has 0 aliphatic heterocycles. The first-order valence-corrected chi connectivity index (χ1v) is 4.12. The van der Waals surface area contributed by atoms with Gasteiger partial charge in [-0.05, 0) is 19.4 Å². The highest BCUT2D eigenvalue weighted by molar-refractivity contribution is 5.79. The van der Waals surface area contributed by atoms with Crippen LogP contribution in [0.3, 0.4) is 0 Å². The highest BCUT2D eigenvalue weighted by atomic mass is 16.5. The molecular formula is C8H14N2O4. The van der Waals surface area contributed by atoms with Crippen LogP contribution in [0.1, 0.15) is 12.8 Å². The van der Waals surface area contributed by atoms with Crippen LogP contribution in [-0.4, -0.2) is 29.8 Å². The van der Waals surface area contributed by atoms with Crippen molar-refractivity contribution < 1.29 is 19.4 Å². The van der Waals surface area contributed by atoms with Crippen molar-refractivity contribution in [3.8, 4) is 0 Å². The molecule has 1 atom stereocenters. The molecule has 0 saturated carbocycles. The number of aliphatic carboxylic acids is 1. The number of carboxylic acids is 1. The van der Waals surface area contributed by atoms with Gasteiger partial charge in [0.1, 0.15) is 6.04 Å². The summed E-state index contributed by atoms with van der Waals surface area (Å²) in [4.78, 5) is 21.4. The van der Waals surface area contributed by atoms with Crippen molar-refractivity contribution in [3.63, 3.8) is 0 Å². The molecule has 0 unspecified atom stereocenters. The van der Waals surface area contributed by atoms with Crippen LogP contribution in [0.4, 0.5) is 4.79 Å². The van der Waals surface area contributed by atoms with Crippen molar-refractivity contribution in [1.29, 1.82) is 0 Å². The van der Waals surface area contributed by atoms with Gasteiger partial charge in [0.25, 0.3) is 0 Å². The average Bonchev–Trinajstić information content (AvgIpc) is 2.12. The number of hydrogen-bond acceptors (Lipinski definition) is 4. The van der Waals surface area contributed by atoms with Gasteiger partial charge in [0, 0.05) is 0 Å². The maximum absolute atomic E-state index is 10.8. The molecule has 6 nitrogen and oxygen atoms in total. The maximum atomic E-state index is 10.8. The van der Waals surface area contributed by atoms with E-state index in [1.807, 2.05) is 0 Å². The Hall–Kier alpha value is -1.56. The number of nitrogens with two attached hydrogens (primary N) is 1. The summed E-state index contributed by atoms with van der Waals surface area (Å²) in [7, 11) is 0. The number of carbonyl (C=O) groups is 2. The largest absolute Gasteiger partial charge is 0.480 e. The number of carboxylic acid groups (broad SMARTS) is 1. The zero-order valence-electron chi connectivity index (χ0n) is 7.73. The Morgan fingerprint density at radius 1 is 1.64 bits per heavy atom. The number of alkyl carbamates (subject to hydrolysis) is 1. The minimum atomic E-state index is -1.11. The van der Waals surface area contributed by atoms with Gasteiger partial charge >= 0.3 is 12.1 Å². The van der Waals surface area contributed by atoms with E-state index in [9.17, 15) is 9.59 Å². The Balaban J connectivity index is 4.01. The molecule has 80 valence electrons. The van der Waals surface area contributed by atoms with Gasteiger partial charge in [-0.25, -0.2) is 9.59 Å². The van der Waals surface area contributed by atoms with Gasteiger partial charge in [-0.2, -0.15) is 0 Å². The molecule has 14 heavy (non-hydrogen) atoms. The fraction of sp³-hybridized carbons (Fsp3) is 0.500. The lowest BCUT2D eigenvalue weighted by atomic mass is 10.1. The summed E-state index contributed by atoms with van der Waals surface area (Å²) in [6, 6.07) is -0.967. The third-order valence-corrected chi connectivity index (χ3v) is 1.48. The lowest BCUT2D eigenvalue weighted by Gasteiger charge is -2.12. The summed E-state index contributed by atoms with van der Waals surface area (Å²) in [5.41, 5.74) is 5.21. The van der Waals surface area contributed by atoms with Crippen molar-refractivity contribution in [1.82, 2.24) is 5.32 Å². The number of nitrogens with one attached hydrogen (secondary N) is 1. The molecule has 0 aromatic heterocycles. The van der Waals surface area contributed by atoms with Crippen LogP contribution in [0.15, 0.2) is 12.8 Å². The number of amides is 1. The lowest BCUT2D eigenvalue weighted by molar-refractivity contribution is -0.139. The average molecular weight is 202 g/mol. The minimum absolute atomic E-state index is 0.276. The number of carbonyl (C=O) groups excluding carboxylic acids is 1. The highest BCUT2D eigenvalue weighted by Crippen LogP contribution is 1.97. The first-order chi connectivity index (χ1) is 6.61. The Morgan fingerprint density at radius 3 is 2.71 bits per heavy atom. The zero-order chi connectivity index (χ0) is 11.0. The molecule has 0 fully saturated rings. The van der Waals surface area contributed by atoms with Gasteiger partial charge in [0.2, 0.25) is 0 Å². The van der Waals surface area contributed by atoms with Crippen molar-refractivity contribution in [2.45, 2.75) is 18.9 Å². The third kappa shape index (κ3) is 5.15. The van der Waals surface area contributed by atoms with E-state index < -0.39 is 18.1 Å². The van der Waals surface area contributed by atoms with Gasteiger partial charge in [-0.1, -0.05) is 6.58 Å². The second kappa shape index (κ2) is 6.90. The Kier molecular flexibility index (Phi) is 6.13. The highest BCUT2D eigenvalue weighted by Gasteiger charge is 2.19. The number of rotatable bonds is 6. The van der Waals surface area contributed by atoms with E-state index in [2.05, 4.69) is 16.6 Å². The fourth-order valence-electron chi connectivity index (χ4n) is 0.831. The molecule has 0 aromatic rings. The summed E-state index contributed by atoms with van der Waals surface area (Å²) < 4.78 is 4.32. The van der Waals surface area contributed by atoms with Gasteiger partial charge < -0.3 is 20.9 Å². The van der Waals surface area contributed by atoms with Gasteiger partial charge in [-0.3, -0.25) is 0 Å². The summed E-state index contributed by atoms with van der Waals surface area (Å²) in [5, 5.41) is 10.8. The molecule has 0 aliphatic carbocycles. The Morgan fingerprint density at radius 2 is 2.29 bits per heavy atom. The molecule has 0 bridgehead atoms. The standard InChI is InChI=1S/C8H14N2O4/c1-2-14-8(13)10-6(7(11)12)4-3-5-9/h2,6H,1,3-5,9H2,(H,10,13)(H,11,12)/t6-/m0/s1. The van der Waals surface area contributed by atoms with E-state index in [4.69, 9.17) is 10.8 Å². The van der Waals surface area contributed by atoms with Crippen LogP contribution < -0.4 is 11.1 Å². The smallest absolute Gasteiger partial charge is 0.412 e. The van der Waals surface area contributed by atoms with E-state index in [1.54, 1.807) is 0 Å². The molecular weight excluding hydrogens is 188 g/mol. The van der Waals surface area contributed by atoms with Crippen LogP contribution in [-0.2, 0) is 9.53 Å². The molecule has 6 heteroatoms. The van der Waals surface area contributed by atoms with Crippen molar-refractivity contribution in [2.24, 2.45) is 5.73 Å². The van der Waals surface area contributed by atoms with E-state index >= 15 is 0 Å². The normalized spacial score (nSPS) is 11.5. The topological polar surface area (TPSA) is 102 Å². The van der Waals surface area contributed by atoms with Crippen LogP contribution >= 0.6 is 0 Å². The quantitative estimate of drug-likeness (QED) is 0.528. The molecule has 4 N–H and O–H groups in total. The van der Waals surface area contributed by atoms with Crippen LogP contribution in [0, 0.1) is 0 Å². The minimum Gasteiger partial charge on any atom is -0.480 e. The molecule has 0 aliphatic rings. The second-order valence-electron chi connectivity index (χ2n) is 2.54. The summed E-state index contributed by atoms with van der Waals surface area (Å²) in [6.07, 6.45) is 0.894. The monoisotopic (exact) mass is 202 g/mol. The molecule has 0 aromatic carbocycles. The van der Waals surface area contributed by atoms with E-state index in [0.29, 0.717) is 13.0 Å². The molecule has 0 saturated heterocycles. The van der Waals surface area contributed by atoms with Gasteiger partial charge in [0.05, 0.1) is 6.26 Å². The lowest BCUT2D eigenvalue weighted by Crippen LogP contribution is -2.40. The fourth-order valence-corrected chi connectivity index (χ4v) is 0.831. The second-order valence-corrected chi connectivity index (χ2v) is 2.54. The Labute approximate surface area is 81.7 Å². The van der Waals surface area contributed by atoms with E-state index in [-0.39, 0.29) is 6.42 Å².